The molecule has 2 aliphatic rings. The lowest BCUT2D eigenvalue weighted by atomic mass is 10.1. The molecule has 5 heteroatoms. The fourth-order valence-corrected chi connectivity index (χ4v) is 2.41. The predicted octanol–water partition coefficient (Wildman–Crippen LogP) is 1.77. The van der Waals surface area contributed by atoms with Crippen LogP contribution in [-0.2, 0) is 4.79 Å². The largest absolute Gasteiger partial charge is 0.289 e. The molecule has 0 aromatic carbocycles. The van der Waals surface area contributed by atoms with Gasteiger partial charge in [-0.25, -0.2) is 0 Å². The quantitative estimate of drug-likeness (QED) is 0.493. The van der Waals surface area contributed by atoms with Crippen molar-refractivity contribution < 1.29 is 9.37 Å². The molecule has 2 rings (SSSR count). The molecule has 12 heavy (non-hydrogen) atoms. The number of carbonyl (C=O) groups excluding carboxylic acids is 1. The monoisotopic (exact) mass is 268 g/mol. The standard InChI is InChI=1S/C7H7ClNOS.BrH/c8-5-1-2-9-3-4-11-7(9)6(5)10;/h2-5,7H,1H2;1H/q+1;. The van der Waals surface area contributed by atoms with Crippen LogP contribution in [0.15, 0.2) is 11.6 Å². The summed E-state index contributed by atoms with van der Waals surface area (Å²) in [6, 6.07) is 0. The number of hydrogen-bond acceptors (Lipinski definition) is 2. The SMILES string of the molecule is Br.O=C1C(Cl)CC=[N+]2C=CSC12. The van der Waals surface area contributed by atoms with E-state index in [0.717, 1.165) is 0 Å². The normalized spacial score (nSPS) is 32.4. The van der Waals surface area contributed by atoms with Gasteiger partial charge >= 0.3 is 0 Å². The molecule has 0 radical (unpaired) electrons. The second kappa shape index (κ2) is 3.94. The summed E-state index contributed by atoms with van der Waals surface area (Å²) in [7, 11) is 0. The van der Waals surface area contributed by atoms with Gasteiger partial charge in [0.15, 0.2) is 6.20 Å². The van der Waals surface area contributed by atoms with Crippen LogP contribution in [0.5, 0.6) is 0 Å². The minimum absolute atomic E-state index is 0. The first-order valence-electron chi connectivity index (χ1n) is 3.40. The molecule has 0 spiro atoms. The Balaban J connectivity index is 0.000000720. The molecule has 2 aliphatic heterocycles. The van der Waals surface area contributed by atoms with E-state index in [1.807, 2.05) is 22.4 Å². The minimum Gasteiger partial charge on any atom is -0.289 e. The molecular weight excluding hydrogens is 262 g/mol. The summed E-state index contributed by atoms with van der Waals surface area (Å²) in [6.45, 7) is 0. The number of carbonyl (C=O) groups is 1. The van der Waals surface area contributed by atoms with Crippen LogP contribution in [-0.4, -0.2) is 27.3 Å². The second-order valence-corrected chi connectivity index (χ2v) is 4.03. The summed E-state index contributed by atoms with van der Waals surface area (Å²) in [5.74, 6) is 0.129. The van der Waals surface area contributed by atoms with Crippen molar-refractivity contribution in [3.05, 3.63) is 11.6 Å². The second-order valence-electron chi connectivity index (χ2n) is 2.51. The van der Waals surface area contributed by atoms with Crippen molar-refractivity contribution in [1.82, 2.24) is 0 Å². The van der Waals surface area contributed by atoms with Crippen LogP contribution in [0.3, 0.4) is 0 Å². The number of nitrogens with zero attached hydrogens (tertiary/aromatic N) is 1. The minimum atomic E-state index is -0.316. The van der Waals surface area contributed by atoms with E-state index < -0.39 is 0 Å². The highest BCUT2D eigenvalue weighted by atomic mass is 79.9. The predicted molar refractivity (Wildman–Crippen MR) is 56.4 cm³/mol. The van der Waals surface area contributed by atoms with Crippen LogP contribution in [0.4, 0.5) is 0 Å². The number of thioether (sulfide) groups is 1. The topological polar surface area (TPSA) is 20.1 Å². The van der Waals surface area contributed by atoms with Gasteiger partial charge < -0.3 is 0 Å². The highest BCUT2D eigenvalue weighted by Gasteiger charge is 2.39. The van der Waals surface area contributed by atoms with E-state index in [-0.39, 0.29) is 33.5 Å². The molecule has 66 valence electrons. The number of rotatable bonds is 0. The average Bonchev–Trinajstić information content (AvgIpc) is 2.45. The van der Waals surface area contributed by atoms with Crippen LogP contribution < -0.4 is 0 Å². The van der Waals surface area contributed by atoms with Crippen molar-refractivity contribution in [3.63, 3.8) is 0 Å². The number of ketones is 1. The zero-order valence-electron chi connectivity index (χ0n) is 6.14. The van der Waals surface area contributed by atoms with Crippen LogP contribution in [0, 0.1) is 0 Å². The molecule has 0 aromatic rings. The van der Waals surface area contributed by atoms with E-state index in [1.54, 1.807) is 0 Å². The first-order valence-corrected chi connectivity index (χ1v) is 4.77. The summed E-state index contributed by atoms with van der Waals surface area (Å²) in [6.07, 6.45) is 4.54. The number of Topliss-reactive ketones (excluding diaryl/α,β-unsaturated/α-hetero) is 1. The third-order valence-corrected chi connectivity index (χ3v) is 3.19. The van der Waals surface area contributed by atoms with Crippen LogP contribution in [0.1, 0.15) is 6.42 Å². The third kappa shape index (κ3) is 1.60. The molecule has 0 N–H and O–H groups in total. The van der Waals surface area contributed by atoms with Gasteiger partial charge in [0.2, 0.25) is 5.78 Å². The molecule has 0 saturated heterocycles. The Morgan fingerprint density at radius 1 is 1.67 bits per heavy atom. The Kier molecular flexibility index (Phi) is 3.37. The summed E-state index contributed by atoms with van der Waals surface area (Å²) < 4.78 is 1.92. The number of alkyl halides is 1. The van der Waals surface area contributed by atoms with Gasteiger partial charge in [-0.15, -0.1) is 28.6 Å². The summed E-state index contributed by atoms with van der Waals surface area (Å²) in [5.41, 5.74) is 0. The molecule has 0 aromatic heterocycles. The summed E-state index contributed by atoms with van der Waals surface area (Å²) in [5, 5.41) is 1.53. The Morgan fingerprint density at radius 2 is 2.42 bits per heavy atom. The smallest absolute Gasteiger partial charge is 0.267 e. The highest BCUT2D eigenvalue weighted by molar-refractivity contribution is 8.93. The lowest BCUT2D eigenvalue weighted by Crippen LogP contribution is -2.37. The van der Waals surface area contributed by atoms with Gasteiger partial charge in [-0.3, -0.25) is 4.79 Å². The maximum absolute atomic E-state index is 11.4. The first-order chi connectivity index (χ1) is 5.29. The zero-order chi connectivity index (χ0) is 7.84. The fraction of sp³-hybridized carbons (Fsp3) is 0.429. The van der Waals surface area contributed by atoms with E-state index in [0.29, 0.717) is 6.42 Å². The van der Waals surface area contributed by atoms with Crippen molar-refractivity contribution in [3.8, 4) is 0 Å². The van der Waals surface area contributed by atoms with Gasteiger partial charge in [0.1, 0.15) is 11.6 Å². The number of fused-ring (bicyclic) bond motifs is 1. The van der Waals surface area contributed by atoms with E-state index in [2.05, 4.69) is 0 Å². The van der Waals surface area contributed by atoms with Gasteiger partial charge in [-0.1, -0.05) is 0 Å². The molecule has 0 saturated carbocycles. The third-order valence-electron chi connectivity index (χ3n) is 1.79. The summed E-state index contributed by atoms with van der Waals surface area (Å²) >= 11 is 7.30. The molecule has 2 nitrogen and oxygen atoms in total. The fourth-order valence-electron chi connectivity index (χ4n) is 1.18. The molecule has 2 heterocycles. The van der Waals surface area contributed by atoms with Crippen LogP contribution in [0.25, 0.3) is 0 Å². The molecule has 0 aliphatic carbocycles. The molecular formula is C7H8BrClNOS+. The Morgan fingerprint density at radius 3 is 3.17 bits per heavy atom. The molecule has 2 unspecified atom stereocenters. The average molecular weight is 270 g/mol. The van der Waals surface area contributed by atoms with Crippen molar-refractivity contribution in [2.75, 3.05) is 0 Å². The lowest BCUT2D eigenvalue weighted by molar-refractivity contribution is -0.454. The number of halogens is 2. The van der Waals surface area contributed by atoms with Gasteiger partial charge in [0.05, 0.1) is 0 Å². The van der Waals surface area contributed by atoms with E-state index in [4.69, 9.17) is 11.6 Å². The maximum atomic E-state index is 11.4. The Labute approximate surface area is 90.4 Å². The summed E-state index contributed by atoms with van der Waals surface area (Å²) in [4.78, 5) is 11.4. The Hall–Kier alpha value is 0.200. The maximum Gasteiger partial charge on any atom is 0.267 e. The van der Waals surface area contributed by atoms with Gasteiger partial charge in [0.25, 0.3) is 5.37 Å². The van der Waals surface area contributed by atoms with Crippen molar-refractivity contribution in [1.29, 1.82) is 0 Å². The van der Waals surface area contributed by atoms with Gasteiger partial charge in [-0.05, 0) is 11.8 Å². The molecule has 0 bridgehead atoms. The molecule has 0 amide bonds. The van der Waals surface area contributed by atoms with E-state index in [1.165, 1.54) is 11.8 Å². The van der Waals surface area contributed by atoms with Crippen molar-refractivity contribution >= 4 is 52.3 Å². The highest BCUT2D eigenvalue weighted by Crippen LogP contribution is 2.27. The zero-order valence-corrected chi connectivity index (χ0v) is 9.43. The lowest BCUT2D eigenvalue weighted by Gasteiger charge is -2.13. The van der Waals surface area contributed by atoms with Crippen LogP contribution in [0.2, 0.25) is 0 Å². The van der Waals surface area contributed by atoms with E-state index in [9.17, 15) is 4.79 Å². The van der Waals surface area contributed by atoms with Crippen molar-refractivity contribution in [2.24, 2.45) is 0 Å². The molecule has 0 fully saturated rings. The van der Waals surface area contributed by atoms with Gasteiger partial charge in [-0.2, -0.15) is 4.58 Å². The van der Waals surface area contributed by atoms with Crippen LogP contribution >= 0.6 is 40.3 Å². The first kappa shape index (κ1) is 10.3. The molecule has 2 atom stereocenters. The Bertz CT molecular complexity index is 266. The van der Waals surface area contributed by atoms with Crippen molar-refractivity contribution in [2.45, 2.75) is 17.2 Å². The van der Waals surface area contributed by atoms with E-state index >= 15 is 0 Å². The number of hydrogen-bond donors (Lipinski definition) is 0. The van der Waals surface area contributed by atoms with Gasteiger partial charge in [0, 0.05) is 11.8 Å².